The smallest absolute Gasteiger partial charge is 0.0638 e. The number of nitrogens with zero attached hydrogens (tertiary/aromatic N) is 1. The highest BCUT2D eigenvalue weighted by atomic mass is 32.1. The second-order valence-electron chi connectivity index (χ2n) is 4.27. The highest BCUT2D eigenvalue weighted by Crippen LogP contribution is 2.35. The number of para-hydroxylation sites is 1. The second-order valence-corrected chi connectivity index (χ2v) is 5.22. The Balaban J connectivity index is 2.41. The van der Waals surface area contributed by atoms with E-state index in [1.165, 1.54) is 27.0 Å². The molecule has 3 rings (SSSR count). The fraction of sp³-hybridized carbons (Fsp3) is 0.200. The maximum atomic E-state index is 5.98. The third kappa shape index (κ3) is 1.59. The van der Waals surface area contributed by atoms with Gasteiger partial charge in [-0.15, -0.1) is 11.3 Å². The van der Waals surface area contributed by atoms with Crippen LogP contribution in [0.15, 0.2) is 41.8 Å². The predicted octanol–water partition coefficient (Wildman–Crippen LogP) is 3.85. The lowest BCUT2D eigenvalue weighted by molar-refractivity contribution is 0.802. The van der Waals surface area contributed by atoms with Crippen LogP contribution < -0.4 is 5.73 Å². The van der Waals surface area contributed by atoms with Crippen molar-refractivity contribution in [1.29, 1.82) is 0 Å². The molecule has 0 fully saturated rings. The Bertz CT molecular complexity index is 624. The van der Waals surface area contributed by atoms with E-state index in [4.69, 9.17) is 5.73 Å². The molecule has 0 saturated heterocycles. The first-order chi connectivity index (χ1) is 8.86. The Kier molecular flexibility index (Phi) is 2.94. The lowest BCUT2D eigenvalue weighted by atomic mass is 10.1. The zero-order valence-electron chi connectivity index (χ0n) is 10.4. The molecule has 0 radical (unpaired) electrons. The average molecular weight is 256 g/mol. The van der Waals surface area contributed by atoms with E-state index < -0.39 is 0 Å². The molecule has 0 atom stereocenters. The number of rotatable bonds is 3. The van der Waals surface area contributed by atoms with Crippen LogP contribution in [-0.4, -0.2) is 4.57 Å². The molecule has 2 aromatic heterocycles. The van der Waals surface area contributed by atoms with E-state index in [0.29, 0.717) is 6.54 Å². The Morgan fingerprint density at radius 2 is 2.00 bits per heavy atom. The molecule has 2 heterocycles. The molecular formula is C15H16N2S. The number of fused-ring (bicyclic) bond motifs is 1. The molecule has 3 heteroatoms. The molecule has 2 N–H and O–H groups in total. The molecule has 0 bridgehead atoms. The van der Waals surface area contributed by atoms with Gasteiger partial charge < -0.3 is 10.3 Å². The maximum absolute atomic E-state index is 5.98. The standard InChI is InChI=1S/C15H16N2S/c1-2-17-13-7-4-3-6-11(13)12(10-16)15(17)14-8-5-9-18-14/h3-9H,2,10,16H2,1H3. The number of hydrogen-bond acceptors (Lipinski definition) is 2. The number of hydrogen-bond donors (Lipinski definition) is 1. The molecule has 1 aromatic carbocycles. The molecule has 0 amide bonds. The molecule has 0 aliphatic rings. The van der Waals surface area contributed by atoms with Crippen LogP contribution in [0.25, 0.3) is 21.5 Å². The van der Waals surface area contributed by atoms with Gasteiger partial charge in [-0.3, -0.25) is 0 Å². The molecule has 0 aliphatic heterocycles. The van der Waals surface area contributed by atoms with Crippen molar-refractivity contribution in [1.82, 2.24) is 4.57 Å². The van der Waals surface area contributed by atoms with Gasteiger partial charge in [-0.1, -0.05) is 24.3 Å². The molecule has 0 aliphatic carbocycles. The quantitative estimate of drug-likeness (QED) is 0.758. The number of aryl methyl sites for hydroxylation is 1. The summed E-state index contributed by atoms with van der Waals surface area (Å²) in [5.74, 6) is 0. The predicted molar refractivity (Wildman–Crippen MR) is 78.8 cm³/mol. The summed E-state index contributed by atoms with van der Waals surface area (Å²) in [4.78, 5) is 1.30. The summed E-state index contributed by atoms with van der Waals surface area (Å²) in [5, 5.41) is 3.40. The first-order valence-electron chi connectivity index (χ1n) is 6.20. The van der Waals surface area contributed by atoms with Crippen LogP contribution in [-0.2, 0) is 13.1 Å². The van der Waals surface area contributed by atoms with Crippen LogP contribution in [0.4, 0.5) is 0 Å². The van der Waals surface area contributed by atoms with Gasteiger partial charge in [0, 0.05) is 29.6 Å². The Hall–Kier alpha value is -1.58. The van der Waals surface area contributed by atoms with Crippen molar-refractivity contribution in [2.45, 2.75) is 20.0 Å². The summed E-state index contributed by atoms with van der Waals surface area (Å²) >= 11 is 1.77. The number of thiophene rings is 1. The summed E-state index contributed by atoms with van der Waals surface area (Å²) in [6.07, 6.45) is 0. The SMILES string of the molecule is CCn1c(-c2cccs2)c(CN)c2ccccc21. The third-order valence-corrected chi connectivity index (χ3v) is 4.23. The van der Waals surface area contributed by atoms with Gasteiger partial charge in [0.1, 0.15) is 0 Å². The first kappa shape index (κ1) is 11.5. The van der Waals surface area contributed by atoms with Crippen molar-refractivity contribution >= 4 is 22.2 Å². The van der Waals surface area contributed by atoms with Crippen LogP contribution in [0, 0.1) is 0 Å². The largest absolute Gasteiger partial charge is 0.340 e. The van der Waals surface area contributed by atoms with Gasteiger partial charge in [0.15, 0.2) is 0 Å². The second kappa shape index (κ2) is 4.59. The van der Waals surface area contributed by atoms with Crippen molar-refractivity contribution in [2.24, 2.45) is 5.73 Å². The van der Waals surface area contributed by atoms with Crippen molar-refractivity contribution in [3.63, 3.8) is 0 Å². The molecule has 2 nitrogen and oxygen atoms in total. The molecule has 0 spiro atoms. The van der Waals surface area contributed by atoms with Crippen molar-refractivity contribution in [2.75, 3.05) is 0 Å². The normalized spacial score (nSPS) is 11.2. The Morgan fingerprint density at radius 1 is 1.17 bits per heavy atom. The van der Waals surface area contributed by atoms with E-state index in [2.05, 4.69) is 53.3 Å². The summed E-state index contributed by atoms with van der Waals surface area (Å²) in [6, 6.07) is 12.8. The minimum atomic E-state index is 0.584. The van der Waals surface area contributed by atoms with E-state index in [1.807, 2.05) is 0 Å². The van der Waals surface area contributed by atoms with Crippen molar-refractivity contribution in [3.8, 4) is 10.6 Å². The van der Waals surface area contributed by atoms with Gasteiger partial charge in [-0.25, -0.2) is 0 Å². The first-order valence-corrected chi connectivity index (χ1v) is 7.08. The van der Waals surface area contributed by atoms with Gasteiger partial charge in [0.2, 0.25) is 0 Å². The van der Waals surface area contributed by atoms with Crippen molar-refractivity contribution in [3.05, 3.63) is 47.3 Å². The molecule has 18 heavy (non-hydrogen) atoms. The van der Waals surface area contributed by atoms with Crippen LogP contribution in [0.2, 0.25) is 0 Å². The Labute approximate surface area is 111 Å². The lowest BCUT2D eigenvalue weighted by Crippen LogP contribution is -2.00. The van der Waals surface area contributed by atoms with Gasteiger partial charge in [-0.2, -0.15) is 0 Å². The van der Waals surface area contributed by atoms with E-state index in [1.54, 1.807) is 11.3 Å². The van der Waals surface area contributed by atoms with E-state index in [9.17, 15) is 0 Å². The minimum absolute atomic E-state index is 0.584. The fourth-order valence-electron chi connectivity index (χ4n) is 2.61. The van der Waals surface area contributed by atoms with Crippen LogP contribution in [0.1, 0.15) is 12.5 Å². The van der Waals surface area contributed by atoms with Gasteiger partial charge in [0.05, 0.1) is 10.6 Å². The zero-order valence-corrected chi connectivity index (χ0v) is 11.2. The summed E-state index contributed by atoms with van der Waals surface area (Å²) in [5.41, 5.74) is 9.81. The van der Waals surface area contributed by atoms with E-state index in [-0.39, 0.29) is 0 Å². The molecular weight excluding hydrogens is 240 g/mol. The average Bonchev–Trinajstić information content (AvgIpc) is 3.03. The number of benzene rings is 1. The van der Waals surface area contributed by atoms with E-state index >= 15 is 0 Å². The van der Waals surface area contributed by atoms with Crippen molar-refractivity contribution < 1.29 is 0 Å². The zero-order chi connectivity index (χ0) is 12.5. The van der Waals surface area contributed by atoms with Crippen LogP contribution in [0.3, 0.4) is 0 Å². The molecule has 0 saturated carbocycles. The van der Waals surface area contributed by atoms with E-state index in [0.717, 1.165) is 6.54 Å². The van der Waals surface area contributed by atoms with Gasteiger partial charge >= 0.3 is 0 Å². The highest BCUT2D eigenvalue weighted by Gasteiger charge is 2.16. The summed E-state index contributed by atoms with van der Waals surface area (Å²) in [7, 11) is 0. The summed E-state index contributed by atoms with van der Waals surface area (Å²) in [6.45, 7) is 3.73. The lowest BCUT2D eigenvalue weighted by Gasteiger charge is -2.07. The van der Waals surface area contributed by atoms with Gasteiger partial charge in [-0.05, 0) is 24.4 Å². The maximum Gasteiger partial charge on any atom is 0.0638 e. The third-order valence-electron chi connectivity index (χ3n) is 3.35. The topological polar surface area (TPSA) is 30.9 Å². The number of nitrogens with two attached hydrogens (primary N) is 1. The minimum Gasteiger partial charge on any atom is -0.340 e. The molecule has 92 valence electrons. The summed E-state index contributed by atoms with van der Waals surface area (Å²) < 4.78 is 2.36. The van der Waals surface area contributed by atoms with Crippen LogP contribution in [0.5, 0.6) is 0 Å². The molecule has 3 aromatic rings. The highest BCUT2D eigenvalue weighted by molar-refractivity contribution is 7.13. The van der Waals surface area contributed by atoms with Crippen LogP contribution >= 0.6 is 11.3 Å². The fourth-order valence-corrected chi connectivity index (χ4v) is 3.41. The monoisotopic (exact) mass is 256 g/mol. The van der Waals surface area contributed by atoms with Gasteiger partial charge in [0.25, 0.3) is 0 Å². The Morgan fingerprint density at radius 3 is 2.67 bits per heavy atom. The number of aromatic nitrogens is 1. The molecule has 0 unspecified atom stereocenters.